The van der Waals surface area contributed by atoms with Gasteiger partial charge in [0.15, 0.2) is 0 Å². The van der Waals surface area contributed by atoms with Crippen LogP contribution < -0.4 is 10.5 Å². The van der Waals surface area contributed by atoms with E-state index in [-0.39, 0.29) is 11.6 Å². The first-order valence-electron chi connectivity index (χ1n) is 6.47. The Hall–Kier alpha value is -0.580. The van der Waals surface area contributed by atoms with Crippen LogP contribution in [-0.2, 0) is 4.74 Å². The minimum Gasteiger partial charge on any atom is -0.487 e. The Morgan fingerprint density at radius 2 is 2.22 bits per heavy atom. The van der Waals surface area contributed by atoms with Crippen LogP contribution in [0.2, 0.25) is 0 Å². The fourth-order valence-electron chi connectivity index (χ4n) is 3.06. The Balaban J connectivity index is 1.80. The summed E-state index contributed by atoms with van der Waals surface area (Å²) in [4.78, 5) is 0. The third-order valence-electron chi connectivity index (χ3n) is 3.90. The lowest BCUT2D eigenvalue weighted by atomic mass is 9.71. The molecular weight excluding hydrogens is 294 g/mol. The molecule has 0 radical (unpaired) electrons. The van der Waals surface area contributed by atoms with Crippen LogP contribution in [0.4, 0.5) is 0 Å². The maximum Gasteiger partial charge on any atom is 0.126 e. The molecule has 4 heteroatoms. The molecule has 1 heterocycles. The minimum absolute atomic E-state index is 0.0735. The zero-order valence-electron chi connectivity index (χ0n) is 10.5. The third kappa shape index (κ3) is 2.06. The summed E-state index contributed by atoms with van der Waals surface area (Å²) in [5.41, 5.74) is 7.29. The highest BCUT2D eigenvalue weighted by Crippen LogP contribution is 2.49. The highest BCUT2D eigenvalue weighted by Gasteiger charge is 2.50. The SMILES string of the molecule is CCOC1CC2(C1)C[C@@H](N)c1ccc(Br)cc1O2. The van der Waals surface area contributed by atoms with Crippen molar-refractivity contribution in [2.24, 2.45) is 5.73 Å². The van der Waals surface area contributed by atoms with E-state index in [0.29, 0.717) is 6.10 Å². The van der Waals surface area contributed by atoms with Crippen molar-refractivity contribution in [2.75, 3.05) is 6.61 Å². The van der Waals surface area contributed by atoms with E-state index in [2.05, 4.69) is 22.0 Å². The van der Waals surface area contributed by atoms with Crippen molar-refractivity contribution in [3.63, 3.8) is 0 Å². The molecule has 1 aliphatic heterocycles. The van der Waals surface area contributed by atoms with Gasteiger partial charge in [-0.1, -0.05) is 22.0 Å². The molecule has 0 aromatic heterocycles. The van der Waals surface area contributed by atoms with Crippen molar-refractivity contribution < 1.29 is 9.47 Å². The standard InChI is InChI=1S/C14H18BrNO2/c1-2-17-10-6-14(7-10)8-12(16)11-4-3-9(15)5-13(11)18-14/h3-5,10,12H,2,6-8,16H2,1H3/t10?,12-,14?/m1/s1. The molecule has 0 unspecified atom stereocenters. The van der Waals surface area contributed by atoms with Crippen LogP contribution in [0.3, 0.4) is 0 Å². The molecule has 1 fully saturated rings. The fourth-order valence-corrected chi connectivity index (χ4v) is 3.40. The molecule has 1 aliphatic carbocycles. The van der Waals surface area contributed by atoms with Crippen molar-refractivity contribution >= 4 is 15.9 Å². The van der Waals surface area contributed by atoms with Gasteiger partial charge in [0.1, 0.15) is 11.4 Å². The summed E-state index contributed by atoms with van der Waals surface area (Å²) in [6.07, 6.45) is 3.16. The van der Waals surface area contributed by atoms with Gasteiger partial charge in [-0.15, -0.1) is 0 Å². The van der Waals surface area contributed by atoms with E-state index in [1.54, 1.807) is 0 Å². The maximum atomic E-state index is 6.26. The number of fused-ring (bicyclic) bond motifs is 1. The molecule has 98 valence electrons. The predicted octanol–water partition coefficient (Wildman–Crippen LogP) is 3.17. The summed E-state index contributed by atoms with van der Waals surface area (Å²) in [5.74, 6) is 0.929. The van der Waals surface area contributed by atoms with Crippen LogP contribution in [-0.4, -0.2) is 18.3 Å². The Bertz CT molecular complexity index is 457. The number of ether oxygens (including phenoxy) is 2. The van der Waals surface area contributed by atoms with E-state index >= 15 is 0 Å². The molecule has 1 aromatic rings. The molecule has 2 N–H and O–H groups in total. The van der Waals surface area contributed by atoms with Crippen LogP contribution in [0, 0.1) is 0 Å². The largest absolute Gasteiger partial charge is 0.487 e. The molecular formula is C14H18BrNO2. The van der Waals surface area contributed by atoms with Gasteiger partial charge in [0, 0.05) is 41.9 Å². The van der Waals surface area contributed by atoms with E-state index < -0.39 is 0 Å². The molecule has 18 heavy (non-hydrogen) atoms. The highest BCUT2D eigenvalue weighted by atomic mass is 79.9. The van der Waals surface area contributed by atoms with E-state index in [9.17, 15) is 0 Å². The summed E-state index contributed by atoms with van der Waals surface area (Å²) in [5, 5.41) is 0. The second-order valence-corrected chi connectivity index (χ2v) is 6.18. The van der Waals surface area contributed by atoms with Crippen LogP contribution in [0.25, 0.3) is 0 Å². The quantitative estimate of drug-likeness (QED) is 0.912. The molecule has 0 amide bonds. The summed E-state index contributed by atoms with van der Waals surface area (Å²) < 4.78 is 12.8. The van der Waals surface area contributed by atoms with Crippen LogP contribution in [0.5, 0.6) is 5.75 Å². The summed E-state index contributed by atoms with van der Waals surface area (Å²) >= 11 is 3.48. The lowest BCUT2D eigenvalue weighted by Crippen LogP contribution is -2.55. The Kier molecular flexibility index (Phi) is 3.12. The zero-order chi connectivity index (χ0) is 12.8. The number of hydrogen-bond donors (Lipinski definition) is 1. The molecule has 1 spiro atoms. The summed E-state index contributed by atoms with van der Waals surface area (Å²) in [6.45, 7) is 2.81. The average molecular weight is 312 g/mol. The fraction of sp³-hybridized carbons (Fsp3) is 0.571. The number of hydrogen-bond acceptors (Lipinski definition) is 3. The number of nitrogens with two attached hydrogens (primary N) is 1. The smallest absolute Gasteiger partial charge is 0.126 e. The van der Waals surface area contributed by atoms with Crippen molar-refractivity contribution in [3.8, 4) is 5.75 Å². The first-order chi connectivity index (χ1) is 8.62. The molecule has 0 saturated heterocycles. The van der Waals surface area contributed by atoms with Gasteiger partial charge in [-0.3, -0.25) is 0 Å². The Labute approximate surface area is 116 Å². The third-order valence-corrected chi connectivity index (χ3v) is 4.39. The Morgan fingerprint density at radius 1 is 1.44 bits per heavy atom. The highest BCUT2D eigenvalue weighted by molar-refractivity contribution is 9.10. The lowest BCUT2D eigenvalue weighted by Gasteiger charge is -2.51. The maximum absolute atomic E-state index is 6.26. The zero-order valence-corrected chi connectivity index (χ0v) is 12.1. The molecule has 3 rings (SSSR count). The second kappa shape index (κ2) is 4.51. The molecule has 0 bridgehead atoms. The number of halogens is 1. The van der Waals surface area contributed by atoms with Gasteiger partial charge >= 0.3 is 0 Å². The molecule has 1 aromatic carbocycles. The van der Waals surface area contributed by atoms with E-state index in [1.165, 1.54) is 0 Å². The first-order valence-corrected chi connectivity index (χ1v) is 7.27. The van der Waals surface area contributed by atoms with Gasteiger partial charge in [-0.2, -0.15) is 0 Å². The minimum atomic E-state index is -0.0902. The molecule has 2 aliphatic rings. The van der Waals surface area contributed by atoms with Gasteiger partial charge in [0.25, 0.3) is 0 Å². The van der Waals surface area contributed by atoms with Crippen LogP contribution >= 0.6 is 15.9 Å². The van der Waals surface area contributed by atoms with Gasteiger partial charge < -0.3 is 15.2 Å². The van der Waals surface area contributed by atoms with Gasteiger partial charge in [-0.25, -0.2) is 0 Å². The molecule has 1 atom stereocenters. The topological polar surface area (TPSA) is 44.5 Å². The Morgan fingerprint density at radius 3 is 2.94 bits per heavy atom. The monoisotopic (exact) mass is 311 g/mol. The number of benzene rings is 1. The number of rotatable bonds is 2. The van der Waals surface area contributed by atoms with E-state index in [0.717, 1.165) is 41.7 Å². The lowest BCUT2D eigenvalue weighted by molar-refractivity contribution is -0.134. The van der Waals surface area contributed by atoms with E-state index in [4.69, 9.17) is 15.2 Å². The predicted molar refractivity (Wildman–Crippen MR) is 73.7 cm³/mol. The second-order valence-electron chi connectivity index (χ2n) is 5.26. The van der Waals surface area contributed by atoms with Crippen molar-refractivity contribution in [1.82, 2.24) is 0 Å². The van der Waals surface area contributed by atoms with Crippen LogP contribution in [0.1, 0.15) is 37.8 Å². The summed E-state index contributed by atoms with van der Waals surface area (Å²) in [7, 11) is 0. The first kappa shape index (κ1) is 12.5. The van der Waals surface area contributed by atoms with Crippen molar-refractivity contribution in [1.29, 1.82) is 0 Å². The van der Waals surface area contributed by atoms with Crippen molar-refractivity contribution in [3.05, 3.63) is 28.2 Å². The molecule has 1 saturated carbocycles. The van der Waals surface area contributed by atoms with Crippen molar-refractivity contribution in [2.45, 2.75) is 43.9 Å². The van der Waals surface area contributed by atoms with Gasteiger partial charge in [0.05, 0.1) is 6.10 Å². The van der Waals surface area contributed by atoms with E-state index in [1.807, 2.05) is 19.1 Å². The van der Waals surface area contributed by atoms with Gasteiger partial charge in [0.2, 0.25) is 0 Å². The molecule has 3 nitrogen and oxygen atoms in total. The summed E-state index contributed by atoms with van der Waals surface area (Å²) in [6, 6.07) is 6.16. The normalized spacial score (nSPS) is 33.7. The van der Waals surface area contributed by atoms with Gasteiger partial charge in [-0.05, 0) is 19.1 Å². The van der Waals surface area contributed by atoms with Crippen LogP contribution in [0.15, 0.2) is 22.7 Å². The average Bonchev–Trinajstić information content (AvgIpc) is 2.26.